The molecule has 0 aliphatic heterocycles. The smallest absolute Gasteiger partial charge is 0.276 e. The molecule has 1 aliphatic rings. The molecule has 30 heavy (non-hydrogen) atoms. The van der Waals surface area contributed by atoms with Gasteiger partial charge in [-0.15, -0.1) is 0 Å². The highest BCUT2D eigenvalue weighted by molar-refractivity contribution is 5.92. The lowest BCUT2D eigenvalue weighted by Crippen LogP contribution is -2.34. The maximum absolute atomic E-state index is 12.6. The first kappa shape index (κ1) is 19.8. The van der Waals surface area contributed by atoms with Crippen LogP contribution < -0.4 is 10.7 Å². The molecule has 1 saturated carbocycles. The zero-order valence-electron chi connectivity index (χ0n) is 16.6. The third-order valence-electron chi connectivity index (χ3n) is 5.75. The first-order valence-electron chi connectivity index (χ1n) is 10.1. The molecular weight excluding hydrogens is 380 g/mol. The summed E-state index contributed by atoms with van der Waals surface area (Å²) in [7, 11) is 0. The maximum Gasteiger partial charge on any atom is 0.276 e. The Bertz CT molecular complexity index is 1070. The van der Waals surface area contributed by atoms with Crippen molar-refractivity contribution in [2.24, 2.45) is 0 Å². The second kappa shape index (κ2) is 8.49. The average Bonchev–Trinajstić information content (AvgIpc) is 3.25. The van der Waals surface area contributed by atoms with Crippen LogP contribution in [0.1, 0.15) is 47.3 Å². The van der Waals surface area contributed by atoms with Crippen LogP contribution in [0.5, 0.6) is 5.75 Å². The zero-order chi connectivity index (χ0) is 21.0. The monoisotopic (exact) mass is 404 g/mol. The quantitative estimate of drug-likeness (QED) is 0.658. The molecule has 3 aromatic rings. The van der Waals surface area contributed by atoms with Gasteiger partial charge in [-0.3, -0.25) is 19.3 Å². The summed E-state index contributed by atoms with van der Waals surface area (Å²) in [4.78, 5) is 29.0. The number of pyridine rings is 1. The third-order valence-corrected chi connectivity index (χ3v) is 5.75. The molecule has 154 valence electrons. The Labute approximate surface area is 174 Å². The number of nitrogens with one attached hydrogen (secondary N) is 1. The van der Waals surface area contributed by atoms with Gasteiger partial charge in [-0.25, -0.2) is 0 Å². The van der Waals surface area contributed by atoms with Gasteiger partial charge in [0.1, 0.15) is 0 Å². The molecule has 0 radical (unpaired) electrons. The molecule has 0 bridgehead atoms. The standard InChI is InChI=1S/C23H24N4O3/c28-19-15-27(16-23(10-4-5-11-23)18-8-2-1-3-9-18)26-20(21(19)29)22(30)25-14-17-7-6-12-24-13-17/h1-3,6-9,12-13,15,28H,4-5,10-11,14,16H2,(H,25,30). The molecule has 1 aromatic carbocycles. The van der Waals surface area contributed by atoms with E-state index in [1.165, 1.54) is 16.4 Å². The molecule has 0 unspecified atom stereocenters. The molecule has 0 saturated heterocycles. The van der Waals surface area contributed by atoms with Crippen molar-refractivity contribution in [2.45, 2.75) is 44.2 Å². The maximum atomic E-state index is 12.6. The Morgan fingerprint density at radius 3 is 2.60 bits per heavy atom. The van der Waals surface area contributed by atoms with Crippen molar-refractivity contribution in [3.8, 4) is 5.75 Å². The van der Waals surface area contributed by atoms with Crippen molar-refractivity contribution in [1.29, 1.82) is 0 Å². The normalized spacial score (nSPS) is 15.1. The number of amides is 1. The van der Waals surface area contributed by atoms with Crippen molar-refractivity contribution in [3.63, 3.8) is 0 Å². The summed E-state index contributed by atoms with van der Waals surface area (Å²) in [5.74, 6) is -1.09. The van der Waals surface area contributed by atoms with E-state index in [4.69, 9.17) is 0 Å². The van der Waals surface area contributed by atoms with Gasteiger partial charge in [-0.2, -0.15) is 5.10 Å². The molecule has 1 amide bonds. The Morgan fingerprint density at radius 1 is 1.13 bits per heavy atom. The molecule has 0 spiro atoms. The SMILES string of the molecule is O=C(NCc1cccnc1)c1nn(CC2(c3ccccc3)CCCC2)cc(O)c1=O. The summed E-state index contributed by atoms with van der Waals surface area (Å²) in [5.41, 5.74) is 0.819. The summed E-state index contributed by atoms with van der Waals surface area (Å²) in [6.07, 6.45) is 8.81. The first-order valence-corrected chi connectivity index (χ1v) is 10.1. The van der Waals surface area contributed by atoms with E-state index in [1.54, 1.807) is 18.5 Å². The largest absolute Gasteiger partial charge is 0.503 e. The van der Waals surface area contributed by atoms with E-state index in [0.717, 1.165) is 31.2 Å². The second-order valence-electron chi connectivity index (χ2n) is 7.79. The van der Waals surface area contributed by atoms with Gasteiger partial charge in [0.25, 0.3) is 11.3 Å². The highest BCUT2D eigenvalue weighted by Gasteiger charge is 2.36. The van der Waals surface area contributed by atoms with Crippen LogP contribution >= 0.6 is 0 Å². The van der Waals surface area contributed by atoms with Crippen LogP contribution in [0.3, 0.4) is 0 Å². The summed E-state index contributed by atoms with van der Waals surface area (Å²) in [5, 5.41) is 17.2. The second-order valence-corrected chi connectivity index (χ2v) is 7.79. The van der Waals surface area contributed by atoms with Crippen LogP contribution in [0.2, 0.25) is 0 Å². The number of aromatic nitrogens is 3. The van der Waals surface area contributed by atoms with Gasteiger partial charge in [-0.05, 0) is 30.0 Å². The van der Waals surface area contributed by atoms with Gasteiger partial charge in [0.15, 0.2) is 11.4 Å². The van der Waals surface area contributed by atoms with Gasteiger partial charge >= 0.3 is 0 Å². The summed E-state index contributed by atoms with van der Waals surface area (Å²) in [6.45, 7) is 0.713. The molecule has 2 aromatic heterocycles. The minimum atomic E-state index is -0.768. The van der Waals surface area contributed by atoms with Crippen LogP contribution in [0.15, 0.2) is 65.8 Å². The summed E-state index contributed by atoms with van der Waals surface area (Å²) < 4.78 is 1.54. The van der Waals surface area contributed by atoms with Crippen molar-refractivity contribution < 1.29 is 9.90 Å². The number of carbonyl (C=O) groups excluding carboxylic acids is 1. The van der Waals surface area contributed by atoms with Crippen LogP contribution in [-0.2, 0) is 18.5 Å². The predicted octanol–water partition coefficient (Wildman–Crippen LogP) is 2.79. The van der Waals surface area contributed by atoms with Gasteiger partial charge in [0, 0.05) is 24.4 Å². The zero-order valence-corrected chi connectivity index (χ0v) is 16.6. The fraction of sp³-hybridized carbons (Fsp3) is 0.304. The van der Waals surface area contributed by atoms with Crippen molar-refractivity contribution in [2.75, 3.05) is 0 Å². The minimum absolute atomic E-state index is 0.126. The highest BCUT2D eigenvalue weighted by atomic mass is 16.3. The van der Waals surface area contributed by atoms with E-state index in [0.29, 0.717) is 6.54 Å². The van der Waals surface area contributed by atoms with E-state index in [-0.39, 0.29) is 17.7 Å². The van der Waals surface area contributed by atoms with Crippen molar-refractivity contribution >= 4 is 5.91 Å². The molecule has 7 nitrogen and oxygen atoms in total. The highest BCUT2D eigenvalue weighted by Crippen LogP contribution is 2.42. The van der Waals surface area contributed by atoms with Crippen LogP contribution in [0.25, 0.3) is 0 Å². The topological polar surface area (TPSA) is 97.1 Å². The van der Waals surface area contributed by atoms with E-state index in [9.17, 15) is 14.7 Å². The minimum Gasteiger partial charge on any atom is -0.503 e. The van der Waals surface area contributed by atoms with Crippen molar-refractivity contribution in [3.05, 3.63) is 88.1 Å². The number of hydrogen-bond donors (Lipinski definition) is 2. The lowest BCUT2D eigenvalue weighted by Gasteiger charge is -2.30. The summed E-state index contributed by atoms with van der Waals surface area (Å²) in [6, 6.07) is 13.8. The third kappa shape index (κ3) is 4.10. The number of nitrogens with zero attached hydrogens (tertiary/aromatic N) is 3. The van der Waals surface area contributed by atoms with E-state index in [2.05, 4.69) is 27.5 Å². The first-order chi connectivity index (χ1) is 14.6. The number of aromatic hydroxyl groups is 1. The van der Waals surface area contributed by atoms with E-state index < -0.39 is 17.1 Å². The Hall–Kier alpha value is -3.48. The molecule has 4 rings (SSSR count). The van der Waals surface area contributed by atoms with Crippen LogP contribution in [0.4, 0.5) is 0 Å². The Balaban J connectivity index is 1.59. The fourth-order valence-electron chi connectivity index (χ4n) is 4.21. The van der Waals surface area contributed by atoms with E-state index >= 15 is 0 Å². The van der Waals surface area contributed by atoms with E-state index in [1.807, 2.05) is 24.3 Å². The van der Waals surface area contributed by atoms with Crippen LogP contribution in [-0.4, -0.2) is 25.8 Å². The van der Waals surface area contributed by atoms with Crippen LogP contribution in [0, 0.1) is 0 Å². The Morgan fingerprint density at radius 2 is 1.90 bits per heavy atom. The molecule has 1 fully saturated rings. The van der Waals surface area contributed by atoms with Gasteiger partial charge in [0.05, 0.1) is 12.7 Å². The number of hydrogen-bond acceptors (Lipinski definition) is 5. The fourth-order valence-corrected chi connectivity index (χ4v) is 4.21. The lowest BCUT2D eigenvalue weighted by atomic mass is 9.79. The molecule has 0 atom stereocenters. The molecule has 2 N–H and O–H groups in total. The number of benzene rings is 1. The van der Waals surface area contributed by atoms with Gasteiger partial charge < -0.3 is 10.4 Å². The summed E-state index contributed by atoms with van der Waals surface area (Å²) >= 11 is 0. The van der Waals surface area contributed by atoms with Gasteiger partial charge in [0.2, 0.25) is 0 Å². The van der Waals surface area contributed by atoms with Gasteiger partial charge in [-0.1, -0.05) is 49.2 Å². The lowest BCUT2D eigenvalue weighted by molar-refractivity contribution is 0.0940. The number of rotatable bonds is 6. The molecule has 1 aliphatic carbocycles. The number of carbonyl (C=O) groups is 1. The predicted molar refractivity (Wildman–Crippen MR) is 112 cm³/mol. The molecule has 7 heteroatoms. The molecule has 2 heterocycles. The van der Waals surface area contributed by atoms with Crippen molar-refractivity contribution in [1.82, 2.24) is 20.1 Å². The average molecular weight is 404 g/mol. The Kier molecular flexibility index (Phi) is 5.61. The molecular formula is C23H24N4O3.